The van der Waals surface area contributed by atoms with E-state index in [9.17, 15) is 4.79 Å². The maximum Gasteiger partial charge on any atom is 0.247 e. The molecule has 1 heterocycles. The predicted octanol–water partition coefficient (Wildman–Crippen LogP) is 2.72. The Kier molecular flexibility index (Phi) is 3.07. The van der Waals surface area contributed by atoms with Crippen molar-refractivity contribution < 1.29 is 4.79 Å². The van der Waals surface area contributed by atoms with Crippen molar-refractivity contribution in [2.45, 2.75) is 25.9 Å². The Morgan fingerprint density at radius 3 is 2.35 bits per heavy atom. The predicted molar refractivity (Wildman–Crippen MR) is 80.6 cm³/mol. The fourth-order valence-corrected chi connectivity index (χ4v) is 2.68. The normalized spacial score (nSPS) is 21.8. The summed E-state index contributed by atoms with van der Waals surface area (Å²) in [6.45, 7) is 4.12. The highest BCUT2D eigenvalue weighted by atomic mass is 16.2. The van der Waals surface area contributed by atoms with Crippen molar-refractivity contribution in [3.63, 3.8) is 0 Å². The molecule has 2 aromatic rings. The minimum Gasteiger partial charge on any atom is -0.318 e. The standard InChI is InChI=1S/C17H18N2O/c1-11-8-9-14(10-12(11)2)19-16(15(18)17(19)20)13-6-4-3-5-7-13/h3-10,15-16H,18H2,1-2H3/t15-,16-/m0/s1. The third-order valence-electron chi connectivity index (χ3n) is 4.05. The molecule has 1 amide bonds. The topological polar surface area (TPSA) is 46.3 Å². The average molecular weight is 266 g/mol. The monoisotopic (exact) mass is 266 g/mol. The van der Waals surface area contributed by atoms with Crippen molar-refractivity contribution in [1.29, 1.82) is 0 Å². The SMILES string of the molecule is Cc1ccc(N2C(=O)[C@@H](N)[C@@H]2c2ccccc2)cc1C. The second kappa shape index (κ2) is 4.76. The van der Waals surface area contributed by atoms with Crippen molar-refractivity contribution in [2.24, 2.45) is 5.73 Å². The molecule has 3 nitrogen and oxygen atoms in total. The Bertz CT molecular complexity index is 651. The van der Waals surface area contributed by atoms with E-state index < -0.39 is 6.04 Å². The van der Waals surface area contributed by atoms with E-state index in [0.29, 0.717) is 0 Å². The number of hydrogen-bond acceptors (Lipinski definition) is 2. The third-order valence-corrected chi connectivity index (χ3v) is 4.05. The van der Waals surface area contributed by atoms with Crippen LogP contribution in [0.1, 0.15) is 22.7 Å². The van der Waals surface area contributed by atoms with Crippen molar-refractivity contribution >= 4 is 11.6 Å². The van der Waals surface area contributed by atoms with E-state index in [1.807, 2.05) is 42.5 Å². The molecule has 0 aromatic heterocycles. The zero-order valence-electron chi connectivity index (χ0n) is 11.7. The van der Waals surface area contributed by atoms with Crippen LogP contribution in [-0.2, 0) is 4.79 Å². The molecule has 0 saturated carbocycles. The Balaban J connectivity index is 1.99. The van der Waals surface area contributed by atoms with Crippen LogP contribution in [0.3, 0.4) is 0 Å². The average Bonchev–Trinajstić information content (AvgIpc) is 2.47. The van der Waals surface area contributed by atoms with Gasteiger partial charge in [-0.2, -0.15) is 0 Å². The van der Waals surface area contributed by atoms with Crippen LogP contribution in [0.15, 0.2) is 48.5 Å². The van der Waals surface area contributed by atoms with Gasteiger partial charge in [0.25, 0.3) is 0 Å². The first-order chi connectivity index (χ1) is 9.59. The molecule has 2 aromatic carbocycles. The number of anilines is 1. The van der Waals surface area contributed by atoms with Crippen LogP contribution < -0.4 is 10.6 Å². The fraction of sp³-hybridized carbons (Fsp3) is 0.235. The first-order valence-electron chi connectivity index (χ1n) is 6.80. The van der Waals surface area contributed by atoms with E-state index in [0.717, 1.165) is 11.3 Å². The molecular formula is C17H18N2O. The summed E-state index contributed by atoms with van der Waals surface area (Å²) in [5.41, 5.74) is 10.4. The molecule has 102 valence electrons. The van der Waals surface area contributed by atoms with E-state index in [1.54, 1.807) is 4.90 Å². The van der Waals surface area contributed by atoms with Gasteiger partial charge in [0.15, 0.2) is 0 Å². The number of carbonyl (C=O) groups excluding carboxylic acids is 1. The summed E-state index contributed by atoms with van der Waals surface area (Å²) < 4.78 is 0. The first-order valence-corrected chi connectivity index (χ1v) is 6.80. The molecule has 3 rings (SSSR count). The number of benzene rings is 2. The lowest BCUT2D eigenvalue weighted by Gasteiger charge is -2.45. The summed E-state index contributed by atoms with van der Waals surface area (Å²) in [5, 5.41) is 0. The van der Waals surface area contributed by atoms with Gasteiger partial charge in [0.1, 0.15) is 6.04 Å². The molecular weight excluding hydrogens is 248 g/mol. The molecule has 0 radical (unpaired) electrons. The van der Waals surface area contributed by atoms with Crippen molar-refractivity contribution in [3.05, 3.63) is 65.2 Å². The summed E-state index contributed by atoms with van der Waals surface area (Å²) >= 11 is 0. The molecule has 1 fully saturated rings. The van der Waals surface area contributed by atoms with Crippen LogP contribution in [0, 0.1) is 13.8 Å². The van der Waals surface area contributed by atoms with Gasteiger partial charge in [-0.25, -0.2) is 0 Å². The number of aryl methyl sites for hydroxylation is 2. The second-order valence-electron chi connectivity index (χ2n) is 5.36. The van der Waals surface area contributed by atoms with Gasteiger partial charge < -0.3 is 10.6 Å². The molecule has 0 aliphatic carbocycles. The van der Waals surface area contributed by atoms with Crippen LogP contribution in [0.2, 0.25) is 0 Å². The van der Waals surface area contributed by atoms with Gasteiger partial charge in [0, 0.05) is 5.69 Å². The van der Waals surface area contributed by atoms with Gasteiger partial charge in [0.2, 0.25) is 5.91 Å². The Morgan fingerprint density at radius 2 is 1.70 bits per heavy atom. The zero-order chi connectivity index (χ0) is 14.3. The number of nitrogens with zero attached hydrogens (tertiary/aromatic N) is 1. The molecule has 1 aliphatic rings. The summed E-state index contributed by atoms with van der Waals surface area (Å²) in [5.74, 6) is -0.0119. The van der Waals surface area contributed by atoms with E-state index in [2.05, 4.69) is 19.9 Å². The van der Waals surface area contributed by atoms with E-state index in [1.165, 1.54) is 11.1 Å². The first kappa shape index (κ1) is 12.9. The van der Waals surface area contributed by atoms with E-state index in [4.69, 9.17) is 5.73 Å². The lowest BCUT2D eigenvalue weighted by Crippen LogP contribution is -2.63. The molecule has 2 atom stereocenters. The highest BCUT2D eigenvalue weighted by Gasteiger charge is 2.46. The van der Waals surface area contributed by atoms with Gasteiger partial charge in [-0.1, -0.05) is 36.4 Å². The summed E-state index contributed by atoms with van der Waals surface area (Å²) in [6, 6.07) is 15.5. The summed E-state index contributed by atoms with van der Waals surface area (Å²) in [4.78, 5) is 13.9. The summed E-state index contributed by atoms with van der Waals surface area (Å²) in [6.07, 6.45) is 0. The Hall–Kier alpha value is -2.13. The smallest absolute Gasteiger partial charge is 0.247 e. The Labute approximate surface area is 119 Å². The summed E-state index contributed by atoms with van der Waals surface area (Å²) in [7, 11) is 0. The van der Waals surface area contributed by atoms with E-state index in [-0.39, 0.29) is 11.9 Å². The number of carbonyl (C=O) groups is 1. The molecule has 20 heavy (non-hydrogen) atoms. The lowest BCUT2D eigenvalue weighted by atomic mass is 9.88. The zero-order valence-corrected chi connectivity index (χ0v) is 11.7. The van der Waals surface area contributed by atoms with Crippen LogP contribution in [-0.4, -0.2) is 11.9 Å². The van der Waals surface area contributed by atoms with Crippen LogP contribution >= 0.6 is 0 Å². The van der Waals surface area contributed by atoms with Gasteiger partial charge >= 0.3 is 0 Å². The number of rotatable bonds is 2. The molecule has 0 spiro atoms. The quantitative estimate of drug-likeness (QED) is 0.849. The number of hydrogen-bond donors (Lipinski definition) is 1. The third kappa shape index (κ3) is 1.91. The number of β-lactam (4-membered cyclic amide) rings is 1. The minimum absolute atomic E-state index is 0.0119. The van der Waals surface area contributed by atoms with Crippen molar-refractivity contribution in [3.8, 4) is 0 Å². The molecule has 2 N–H and O–H groups in total. The lowest BCUT2D eigenvalue weighted by molar-refractivity contribution is -0.126. The molecule has 3 heteroatoms. The van der Waals surface area contributed by atoms with Crippen molar-refractivity contribution in [2.75, 3.05) is 4.90 Å². The maximum atomic E-state index is 12.1. The highest BCUT2D eigenvalue weighted by molar-refractivity contribution is 6.05. The fourth-order valence-electron chi connectivity index (χ4n) is 2.68. The van der Waals surface area contributed by atoms with E-state index >= 15 is 0 Å². The van der Waals surface area contributed by atoms with Gasteiger partial charge in [0.05, 0.1) is 6.04 Å². The van der Waals surface area contributed by atoms with Crippen LogP contribution in [0.5, 0.6) is 0 Å². The number of amides is 1. The number of nitrogens with two attached hydrogens (primary N) is 1. The Morgan fingerprint density at radius 1 is 1.00 bits per heavy atom. The molecule has 0 unspecified atom stereocenters. The maximum absolute atomic E-state index is 12.1. The molecule has 0 bridgehead atoms. The largest absolute Gasteiger partial charge is 0.318 e. The highest BCUT2D eigenvalue weighted by Crippen LogP contribution is 2.38. The van der Waals surface area contributed by atoms with Gasteiger partial charge in [-0.05, 0) is 42.7 Å². The minimum atomic E-state index is -0.445. The molecule has 1 aliphatic heterocycles. The van der Waals surface area contributed by atoms with Crippen molar-refractivity contribution in [1.82, 2.24) is 0 Å². The van der Waals surface area contributed by atoms with Crippen LogP contribution in [0.25, 0.3) is 0 Å². The molecule has 1 saturated heterocycles. The van der Waals surface area contributed by atoms with Gasteiger partial charge in [-0.3, -0.25) is 4.79 Å². The van der Waals surface area contributed by atoms with Crippen LogP contribution in [0.4, 0.5) is 5.69 Å². The van der Waals surface area contributed by atoms with Gasteiger partial charge in [-0.15, -0.1) is 0 Å². The second-order valence-corrected chi connectivity index (χ2v) is 5.36.